The molecule has 0 amide bonds. The van der Waals surface area contributed by atoms with E-state index in [2.05, 4.69) is 78.8 Å². The van der Waals surface area contributed by atoms with Gasteiger partial charge in [0.25, 0.3) is 0 Å². The molecule has 0 bridgehead atoms. The van der Waals surface area contributed by atoms with Crippen LogP contribution in [0.2, 0.25) is 0 Å². The molecule has 0 N–H and O–H groups in total. The maximum atomic E-state index is 11.4. The lowest BCUT2D eigenvalue weighted by Gasteiger charge is -2.26. The van der Waals surface area contributed by atoms with Crippen LogP contribution in [0.1, 0.15) is 104 Å². The van der Waals surface area contributed by atoms with Gasteiger partial charge in [0.2, 0.25) is 0 Å². The van der Waals surface area contributed by atoms with Crippen molar-refractivity contribution in [2.24, 2.45) is 11.8 Å². The van der Waals surface area contributed by atoms with Gasteiger partial charge in [0.15, 0.2) is 0 Å². The topological polar surface area (TPSA) is 17.1 Å². The fraction of sp³-hybridized carbons (Fsp3) is 0.457. The Balaban J connectivity index is 1.54. The minimum absolute atomic E-state index is 0.798. The maximum Gasteiger partial charge on any atom is 0.150 e. The molecule has 0 aromatic heterocycles. The molecule has 1 nitrogen and oxygen atoms in total. The Morgan fingerprint density at radius 3 is 1.72 bits per heavy atom. The third-order valence-corrected chi connectivity index (χ3v) is 9.43. The van der Waals surface area contributed by atoms with Gasteiger partial charge in [-0.3, -0.25) is 4.79 Å². The summed E-state index contributed by atoms with van der Waals surface area (Å²) in [4.78, 5) is 11.4. The number of rotatable bonds is 7. The van der Waals surface area contributed by atoms with E-state index in [1.54, 1.807) is 0 Å². The van der Waals surface area contributed by atoms with Crippen LogP contribution in [-0.2, 0) is 19.3 Å². The summed E-state index contributed by atoms with van der Waals surface area (Å²) < 4.78 is 0. The van der Waals surface area contributed by atoms with Crippen molar-refractivity contribution in [2.75, 3.05) is 0 Å². The molecule has 1 aliphatic rings. The average Bonchev–Trinajstić information content (AvgIpc) is 2.88. The van der Waals surface area contributed by atoms with Crippen LogP contribution in [-0.4, -0.2) is 6.29 Å². The summed E-state index contributed by atoms with van der Waals surface area (Å²) in [6.45, 7) is 15.8. The molecule has 4 rings (SSSR count). The number of hydrogen-bond acceptors (Lipinski definition) is 1. The van der Waals surface area contributed by atoms with Gasteiger partial charge < -0.3 is 0 Å². The van der Waals surface area contributed by atoms with Gasteiger partial charge in [0.1, 0.15) is 6.29 Å². The fourth-order valence-electron chi connectivity index (χ4n) is 6.27. The minimum Gasteiger partial charge on any atom is -0.298 e. The molecule has 1 fully saturated rings. The van der Waals surface area contributed by atoms with E-state index in [4.69, 9.17) is 0 Å². The standard InChI is InChI=1S/C35H44O/c1-22-8-10-29(11-9-22)18-30-12-14-31(15-13-30)19-34-25(4)27(6)35(28(7)26(34)5)20-32-16-17-33(21-36)24(3)23(32)2/h12-17,21-22,29H,8-11,18-20H2,1-7H3. The van der Waals surface area contributed by atoms with Crippen LogP contribution in [0.4, 0.5) is 0 Å². The van der Waals surface area contributed by atoms with Crippen LogP contribution < -0.4 is 0 Å². The van der Waals surface area contributed by atoms with Crippen molar-refractivity contribution >= 4 is 6.29 Å². The second-order valence-corrected chi connectivity index (χ2v) is 11.6. The zero-order chi connectivity index (χ0) is 26.0. The molecule has 36 heavy (non-hydrogen) atoms. The van der Waals surface area contributed by atoms with Crippen molar-refractivity contribution in [1.29, 1.82) is 0 Å². The SMILES string of the molecule is Cc1c(C=O)ccc(Cc2c(C)c(C)c(Cc3ccc(CC4CCC(C)CC4)cc3)c(C)c2C)c1C. The zero-order valence-corrected chi connectivity index (χ0v) is 23.6. The highest BCUT2D eigenvalue weighted by atomic mass is 16.1. The molecule has 0 aliphatic heterocycles. The number of carbonyl (C=O) groups excluding carboxylic acids is 1. The van der Waals surface area contributed by atoms with Gasteiger partial charge in [0.05, 0.1) is 0 Å². The molecular formula is C35H44O. The molecule has 0 saturated heterocycles. The predicted octanol–water partition coefficient (Wildman–Crippen LogP) is 8.90. The Morgan fingerprint density at radius 2 is 1.17 bits per heavy atom. The lowest BCUT2D eigenvalue weighted by molar-refractivity contribution is 0.112. The third-order valence-electron chi connectivity index (χ3n) is 9.43. The number of hydrogen-bond donors (Lipinski definition) is 0. The van der Waals surface area contributed by atoms with Gasteiger partial charge in [-0.1, -0.05) is 56.2 Å². The average molecular weight is 481 g/mol. The van der Waals surface area contributed by atoms with Gasteiger partial charge in [-0.05, 0) is 147 Å². The number of aldehydes is 1. The van der Waals surface area contributed by atoms with Gasteiger partial charge >= 0.3 is 0 Å². The van der Waals surface area contributed by atoms with Crippen LogP contribution >= 0.6 is 0 Å². The molecule has 0 radical (unpaired) electrons. The van der Waals surface area contributed by atoms with E-state index in [0.717, 1.165) is 42.1 Å². The van der Waals surface area contributed by atoms with Crippen molar-refractivity contribution < 1.29 is 4.79 Å². The van der Waals surface area contributed by atoms with E-state index in [9.17, 15) is 4.79 Å². The Kier molecular flexibility index (Phi) is 8.18. The highest BCUT2D eigenvalue weighted by Gasteiger charge is 2.19. The molecule has 0 atom stereocenters. The summed E-state index contributed by atoms with van der Waals surface area (Å²) in [6, 6.07) is 13.6. The van der Waals surface area contributed by atoms with Gasteiger partial charge in [-0.2, -0.15) is 0 Å². The summed E-state index contributed by atoms with van der Waals surface area (Å²) >= 11 is 0. The summed E-state index contributed by atoms with van der Waals surface area (Å²) in [5.74, 6) is 1.79. The first-order valence-corrected chi connectivity index (χ1v) is 13.9. The Hall–Kier alpha value is -2.67. The van der Waals surface area contributed by atoms with E-state index in [1.807, 2.05) is 6.07 Å². The van der Waals surface area contributed by atoms with E-state index in [1.165, 1.54) is 87.7 Å². The zero-order valence-electron chi connectivity index (χ0n) is 23.6. The van der Waals surface area contributed by atoms with Crippen LogP contribution in [0, 0.1) is 53.4 Å². The van der Waals surface area contributed by atoms with Crippen LogP contribution in [0.3, 0.4) is 0 Å². The Labute approximate surface area is 219 Å². The molecule has 0 spiro atoms. The van der Waals surface area contributed by atoms with E-state index in [-0.39, 0.29) is 0 Å². The normalized spacial score (nSPS) is 17.9. The van der Waals surface area contributed by atoms with E-state index >= 15 is 0 Å². The molecule has 1 aliphatic carbocycles. The molecular weight excluding hydrogens is 436 g/mol. The van der Waals surface area contributed by atoms with Crippen LogP contribution in [0.5, 0.6) is 0 Å². The smallest absolute Gasteiger partial charge is 0.150 e. The third kappa shape index (κ3) is 5.51. The summed E-state index contributed by atoms with van der Waals surface area (Å²) in [6.07, 6.45) is 9.71. The molecule has 0 unspecified atom stereocenters. The maximum absolute atomic E-state index is 11.4. The van der Waals surface area contributed by atoms with Crippen molar-refractivity contribution in [3.63, 3.8) is 0 Å². The quantitative estimate of drug-likeness (QED) is 0.309. The first kappa shape index (κ1) is 26.4. The molecule has 3 aromatic rings. The highest BCUT2D eigenvalue weighted by molar-refractivity contribution is 5.78. The van der Waals surface area contributed by atoms with Gasteiger partial charge in [-0.15, -0.1) is 0 Å². The molecule has 1 heteroatoms. The Morgan fingerprint density at radius 1 is 0.639 bits per heavy atom. The largest absolute Gasteiger partial charge is 0.298 e. The number of carbonyl (C=O) groups is 1. The lowest BCUT2D eigenvalue weighted by Crippen LogP contribution is -2.14. The first-order chi connectivity index (χ1) is 17.2. The van der Waals surface area contributed by atoms with Crippen molar-refractivity contribution in [3.8, 4) is 0 Å². The molecule has 1 saturated carbocycles. The van der Waals surface area contributed by atoms with Gasteiger partial charge in [-0.25, -0.2) is 0 Å². The predicted molar refractivity (Wildman–Crippen MR) is 154 cm³/mol. The first-order valence-electron chi connectivity index (χ1n) is 13.9. The summed E-state index contributed by atoms with van der Waals surface area (Å²) in [5, 5.41) is 0. The molecule has 3 aromatic carbocycles. The monoisotopic (exact) mass is 480 g/mol. The van der Waals surface area contributed by atoms with Gasteiger partial charge in [0, 0.05) is 5.56 Å². The Bertz CT molecular complexity index is 1210. The summed E-state index contributed by atoms with van der Waals surface area (Å²) in [5.41, 5.74) is 15.9. The van der Waals surface area contributed by atoms with Crippen molar-refractivity contribution in [1.82, 2.24) is 0 Å². The van der Waals surface area contributed by atoms with Crippen LogP contribution in [0.15, 0.2) is 36.4 Å². The second-order valence-electron chi connectivity index (χ2n) is 11.6. The lowest BCUT2D eigenvalue weighted by atomic mass is 9.80. The van der Waals surface area contributed by atoms with Crippen molar-refractivity contribution in [2.45, 2.75) is 93.4 Å². The minimum atomic E-state index is 0.798. The fourth-order valence-corrected chi connectivity index (χ4v) is 6.27. The second kappa shape index (κ2) is 11.2. The van der Waals surface area contributed by atoms with Crippen LogP contribution in [0.25, 0.3) is 0 Å². The van der Waals surface area contributed by atoms with Crippen molar-refractivity contribution in [3.05, 3.63) is 103 Å². The van der Waals surface area contributed by atoms with E-state index in [0.29, 0.717) is 0 Å². The number of benzene rings is 3. The molecule has 0 heterocycles. The summed E-state index contributed by atoms with van der Waals surface area (Å²) in [7, 11) is 0. The highest BCUT2D eigenvalue weighted by Crippen LogP contribution is 2.33. The van der Waals surface area contributed by atoms with E-state index < -0.39 is 0 Å². The molecule has 190 valence electrons.